The van der Waals surface area contributed by atoms with Crippen LogP contribution in [0.2, 0.25) is 0 Å². The van der Waals surface area contributed by atoms with Crippen LogP contribution in [-0.4, -0.2) is 47.6 Å². The fraction of sp³-hybridized carbons (Fsp3) is 0.625. The monoisotopic (exact) mass is 218 g/mol. The highest BCUT2D eigenvalue weighted by Gasteiger charge is 2.05. The smallest absolute Gasteiger partial charge is 0.273 e. The molecule has 0 saturated carbocycles. The average Bonchev–Trinajstić information content (AvgIpc) is 2.68. The van der Waals surface area contributed by atoms with Gasteiger partial charge in [-0.05, 0) is 0 Å². The fourth-order valence-corrected chi connectivity index (χ4v) is 1.35. The molecule has 0 bridgehead atoms. The maximum Gasteiger partial charge on any atom is 0.273 e. The maximum atomic E-state index is 9.38. The number of aliphatic hydroxyl groups is 2. The molecule has 1 unspecified atom stereocenters. The molecule has 0 aromatic carbocycles. The Kier molecular flexibility index (Phi) is 5.46. The summed E-state index contributed by atoms with van der Waals surface area (Å²) in [6, 6.07) is 0. The largest absolute Gasteiger partial charge is 0.467 e. The molecule has 1 rings (SSSR count). The van der Waals surface area contributed by atoms with Gasteiger partial charge in [0.05, 0.1) is 6.61 Å². The average molecular weight is 218 g/mol. The molecule has 0 aliphatic heterocycles. The van der Waals surface area contributed by atoms with E-state index in [1.165, 1.54) is 11.3 Å². The fourth-order valence-electron chi connectivity index (χ4n) is 0.856. The first kappa shape index (κ1) is 11.4. The van der Waals surface area contributed by atoms with E-state index in [1.807, 2.05) is 5.38 Å². The minimum Gasteiger partial charge on any atom is -0.467 e. The lowest BCUT2D eigenvalue weighted by Gasteiger charge is -2.10. The van der Waals surface area contributed by atoms with Gasteiger partial charge in [0.15, 0.2) is 0 Å². The summed E-state index contributed by atoms with van der Waals surface area (Å²) < 4.78 is 5.19. The normalized spacial score (nSPS) is 12.7. The first-order valence-corrected chi connectivity index (χ1v) is 5.23. The van der Waals surface area contributed by atoms with Gasteiger partial charge in [0.2, 0.25) is 0 Å². The lowest BCUT2D eigenvalue weighted by atomic mass is 10.4. The van der Waals surface area contributed by atoms with E-state index < -0.39 is 6.10 Å². The standard InChI is InChI=1S/C8H14N2O3S/c11-3-1-9-5-7(12)6-13-8-10-2-4-14-8/h2,4,7,9,11-12H,1,3,5-6H2. The molecule has 1 aromatic heterocycles. The molecule has 0 aliphatic rings. The van der Waals surface area contributed by atoms with Crippen LogP contribution in [0.25, 0.3) is 0 Å². The third-order valence-electron chi connectivity index (χ3n) is 1.48. The zero-order valence-corrected chi connectivity index (χ0v) is 8.54. The van der Waals surface area contributed by atoms with E-state index in [2.05, 4.69) is 10.3 Å². The van der Waals surface area contributed by atoms with Crippen molar-refractivity contribution in [1.29, 1.82) is 0 Å². The Morgan fingerprint density at radius 1 is 1.64 bits per heavy atom. The number of rotatable bonds is 7. The Morgan fingerprint density at radius 3 is 3.14 bits per heavy atom. The van der Waals surface area contributed by atoms with Gasteiger partial charge in [0.25, 0.3) is 5.19 Å². The van der Waals surface area contributed by atoms with E-state index in [-0.39, 0.29) is 13.2 Å². The van der Waals surface area contributed by atoms with Gasteiger partial charge >= 0.3 is 0 Å². The molecule has 1 atom stereocenters. The van der Waals surface area contributed by atoms with Crippen molar-refractivity contribution in [3.8, 4) is 5.19 Å². The molecule has 0 radical (unpaired) electrons. The SMILES string of the molecule is OCCNCC(O)COc1nccs1. The van der Waals surface area contributed by atoms with E-state index in [0.717, 1.165) is 0 Å². The predicted molar refractivity (Wildman–Crippen MR) is 53.6 cm³/mol. The lowest BCUT2D eigenvalue weighted by molar-refractivity contribution is 0.105. The van der Waals surface area contributed by atoms with Crippen LogP contribution in [0.4, 0.5) is 0 Å². The van der Waals surface area contributed by atoms with Crippen molar-refractivity contribution in [3.63, 3.8) is 0 Å². The number of aliphatic hydroxyl groups excluding tert-OH is 2. The molecule has 0 spiro atoms. The third kappa shape index (κ3) is 4.52. The van der Waals surface area contributed by atoms with Crippen LogP contribution in [0.3, 0.4) is 0 Å². The number of hydrogen-bond donors (Lipinski definition) is 3. The third-order valence-corrected chi connectivity index (χ3v) is 2.16. The zero-order valence-electron chi connectivity index (χ0n) is 7.72. The van der Waals surface area contributed by atoms with Gasteiger partial charge in [-0.2, -0.15) is 0 Å². The molecule has 0 saturated heterocycles. The van der Waals surface area contributed by atoms with Crippen LogP contribution in [0.1, 0.15) is 0 Å². The molecule has 1 aromatic rings. The van der Waals surface area contributed by atoms with Crippen molar-refractivity contribution in [2.45, 2.75) is 6.10 Å². The topological polar surface area (TPSA) is 74.6 Å². The lowest BCUT2D eigenvalue weighted by Crippen LogP contribution is -2.32. The summed E-state index contributed by atoms with van der Waals surface area (Å²) in [4.78, 5) is 3.91. The van der Waals surface area contributed by atoms with Crippen LogP contribution >= 0.6 is 11.3 Å². The summed E-state index contributed by atoms with van der Waals surface area (Å²) in [5, 5.41) is 23.1. The number of aromatic nitrogens is 1. The van der Waals surface area contributed by atoms with E-state index in [4.69, 9.17) is 9.84 Å². The number of nitrogens with zero attached hydrogens (tertiary/aromatic N) is 1. The Bertz CT molecular complexity index is 231. The highest BCUT2D eigenvalue weighted by molar-refractivity contribution is 7.11. The van der Waals surface area contributed by atoms with Gasteiger partial charge in [-0.15, -0.1) is 0 Å². The molecule has 0 fully saturated rings. The summed E-state index contributed by atoms with van der Waals surface area (Å²) >= 11 is 1.39. The van der Waals surface area contributed by atoms with Gasteiger partial charge in [0.1, 0.15) is 12.7 Å². The zero-order chi connectivity index (χ0) is 10.2. The van der Waals surface area contributed by atoms with Crippen molar-refractivity contribution < 1.29 is 14.9 Å². The molecule has 0 aliphatic carbocycles. The maximum absolute atomic E-state index is 9.38. The number of ether oxygens (including phenoxy) is 1. The van der Waals surface area contributed by atoms with Crippen LogP contribution in [-0.2, 0) is 0 Å². The molecule has 14 heavy (non-hydrogen) atoms. The summed E-state index contributed by atoms with van der Waals surface area (Å²) in [5.41, 5.74) is 0. The second-order valence-corrected chi connectivity index (χ2v) is 3.55. The van der Waals surface area contributed by atoms with Crippen LogP contribution in [0, 0.1) is 0 Å². The molecule has 3 N–H and O–H groups in total. The van der Waals surface area contributed by atoms with Crippen molar-refractivity contribution in [2.75, 3.05) is 26.3 Å². The van der Waals surface area contributed by atoms with Gasteiger partial charge in [0, 0.05) is 24.7 Å². The Balaban J connectivity index is 2.06. The van der Waals surface area contributed by atoms with E-state index >= 15 is 0 Å². The Morgan fingerprint density at radius 2 is 2.50 bits per heavy atom. The molecule has 80 valence electrons. The summed E-state index contributed by atoms with van der Waals surface area (Å²) in [5.74, 6) is 0. The van der Waals surface area contributed by atoms with Gasteiger partial charge in [-0.3, -0.25) is 0 Å². The first-order chi connectivity index (χ1) is 6.83. The molecular formula is C8H14N2O3S. The summed E-state index contributed by atoms with van der Waals surface area (Å²) in [7, 11) is 0. The van der Waals surface area contributed by atoms with Crippen molar-refractivity contribution >= 4 is 11.3 Å². The Hall–Kier alpha value is -0.690. The second-order valence-electron chi connectivity index (χ2n) is 2.69. The Labute approximate surface area is 86.4 Å². The minimum absolute atomic E-state index is 0.0695. The molecular weight excluding hydrogens is 204 g/mol. The second kappa shape index (κ2) is 6.72. The molecule has 1 heterocycles. The highest BCUT2D eigenvalue weighted by atomic mass is 32.1. The van der Waals surface area contributed by atoms with E-state index in [9.17, 15) is 5.11 Å². The van der Waals surface area contributed by atoms with Crippen LogP contribution in [0.15, 0.2) is 11.6 Å². The summed E-state index contributed by atoms with van der Waals surface area (Å²) in [6.07, 6.45) is 1.07. The highest BCUT2D eigenvalue weighted by Crippen LogP contribution is 2.13. The molecule has 5 nitrogen and oxygen atoms in total. The van der Waals surface area contributed by atoms with Crippen LogP contribution in [0.5, 0.6) is 5.19 Å². The predicted octanol–water partition coefficient (Wildman–Crippen LogP) is -0.535. The minimum atomic E-state index is -0.578. The van der Waals surface area contributed by atoms with E-state index in [1.54, 1.807) is 6.20 Å². The van der Waals surface area contributed by atoms with Gasteiger partial charge in [-0.25, -0.2) is 4.98 Å². The van der Waals surface area contributed by atoms with Gasteiger partial charge in [-0.1, -0.05) is 11.3 Å². The quantitative estimate of drug-likeness (QED) is 0.536. The van der Waals surface area contributed by atoms with Crippen molar-refractivity contribution in [2.24, 2.45) is 0 Å². The molecule has 6 heteroatoms. The molecule has 0 amide bonds. The number of hydrogen-bond acceptors (Lipinski definition) is 6. The number of nitrogens with one attached hydrogen (secondary N) is 1. The first-order valence-electron chi connectivity index (χ1n) is 4.35. The number of thiazole rings is 1. The van der Waals surface area contributed by atoms with Gasteiger partial charge < -0.3 is 20.3 Å². The van der Waals surface area contributed by atoms with Crippen molar-refractivity contribution in [3.05, 3.63) is 11.6 Å². The van der Waals surface area contributed by atoms with Crippen molar-refractivity contribution in [1.82, 2.24) is 10.3 Å². The van der Waals surface area contributed by atoms with E-state index in [0.29, 0.717) is 18.3 Å². The van der Waals surface area contributed by atoms with Crippen LogP contribution < -0.4 is 10.1 Å². The summed E-state index contributed by atoms with van der Waals surface area (Å²) in [6.45, 7) is 1.17.